The van der Waals surface area contributed by atoms with Gasteiger partial charge < -0.3 is 15.0 Å². The van der Waals surface area contributed by atoms with Crippen molar-refractivity contribution >= 4 is 12.0 Å². The molecule has 0 saturated heterocycles. The van der Waals surface area contributed by atoms with Crippen LogP contribution in [0.4, 0.5) is 6.01 Å². The molecule has 0 radical (unpaired) electrons. The van der Waals surface area contributed by atoms with Crippen LogP contribution in [-0.2, 0) is 4.74 Å². The van der Waals surface area contributed by atoms with Crippen LogP contribution in [0.25, 0.3) is 11.6 Å². The Morgan fingerprint density at radius 1 is 1.47 bits per heavy atom. The Morgan fingerprint density at radius 2 is 2.27 bits per heavy atom. The number of nitrogen functional groups attached to an aromatic ring is 1. The molecule has 0 atom stereocenters. The average Bonchev–Trinajstić information content (AvgIpc) is 2.84. The molecule has 0 aliphatic carbocycles. The number of nitrogens with two attached hydrogens (primary N) is 1. The number of rotatable bonds is 2. The maximum absolute atomic E-state index is 11.0. The molecule has 78 valence electrons. The second kappa shape index (κ2) is 3.36. The molecule has 0 saturated carbocycles. The summed E-state index contributed by atoms with van der Waals surface area (Å²) in [5.74, 6) is -0.476. The zero-order chi connectivity index (χ0) is 10.8. The standard InChI is InChI=1S/C6H6N6O3/c1-14-5(13)4-8-2(10-11-4)3-9-6(7)15-12-3/h1H3,(H2,7,9,12)(H,8,10,11). The smallest absolute Gasteiger partial charge is 0.375 e. The van der Waals surface area contributed by atoms with Crippen molar-refractivity contribution in [1.82, 2.24) is 25.3 Å². The number of aromatic amines is 1. The molecule has 2 rings (SSSR count). The number of nitrogens with one attached hydrogen (secondary N) is 1. The molecule has 0 aliphatic rings. The predicted molar refractivity (Wildman–Crippen MR) is 45.4 cm³/mol. The lowest BCUT2D eigenvalue weighted by Crippen LogP contribution is -2.03. The first-order chi connectivity index (χ1) is 7.20. The molecule has 0 bridgehead atoms. The van der Waals surface area contributed by atoms with Crippen LogP contribution in [0.1, 0.15) is 10.6 Å². The van der Waals surface area contributed by atoms with Gasteiger partial charge in [-0.3, -0.25) is 5.10 Å². The number of hydrogen-bond donors (Lipinski definition) is 2. The number of esters is 1. The quantitative estimate of drug-likeness (QED) is 0.617. The Morgan fingerprint density at radius 3 is 2.87 bits per heavy atom. The normalized spacial score (nSPS) is 10.2. The van der Waals surface area contributed by atoms with E-state index in [1.807, 2.05) is 0 Å². The fourth-order valence-electron chi connectivity index (χ4n) is 0.876. The summed E-state index contributed by atoms with van der Waals surface area (Å²) < 4.78 is 8.95. The minimum absolute atomic E-state index is 0.0455. The predicted octanol–water partition coefficient (Wildman–Crippen LogP) is -0.777. The highest BCUT2D eigenvalue weighted by Crippen LogP contribution is 2.10. The topological polar surface area (TPSA) is 133 Å². The molecule has 9 heteroatoms. The number of aromatic nitrogens is 5. The van der Waals surface area contributed by atoms with Gasteiger partial charge in [-0.05, 0) is 0 Å². The Labute approximate surface area is 82.6 Å². The number of hydrogen-bond acceptors (Lipinski definition) is 8. The van der Waals surface area contributed by atoms with Crippen molar-refractivity contribution in [3.8, 4) is 11.6 Å². The number of carbonyl (C=O) groups excluding carboxylic acids is 1. The first kappa shape index (κ1) is 9.12. The van der Waals surface area contributed by atoms with Gasteiger partial charge in [0.1, 0.15) is 0 Å². The molecule has 2 heterocycles. The number of H-pyrrole nitrogens is 1. The minimum Gasteiger partial charge on any atom is -0.463 e. The van der Waals surface area contributed by atoms with Crippen molar-refractivity contribution in [2.24, 2.45) is 0 Å². The van der Waals surface area contributed by atoms with Gasteiger partial charge >= 0.3 is 12.0 Å². The fraction of sp³-hybridized carbons (Fsp3) is 0.167. The summed E-state index contributed by atoms with van der Waals surface area (Å²) in [5.41, 5.74) is 5.21. The molecule has 3 N–H and O–H groups in total. The van der Waals surface area contributed by atoms with E-state index in [4.69, 9.17) is 5.73 Å². The van der Waals surface area contributed by atoms with E-state index in [9.17, 15) is 4.79 Å². The first-order valence-electron chi connectivity index (χ1n) is 3.81. The highest BCUT2D eigenvalue weighted by atomic mass is 16.5. The number of nitrogens with zero attached hydrogens (tertiary/aromatic N) is 4. The third kappa shape index (κ3) is 1.61. The number of carbonyl (C=O) groups is 1. The van der Waals surface area contributed by atoms with Crippen LogP contribution < -0.4 is 5.73 Å². The van der Waals surface area contributed by atoms with Crippen LogP contribution in [0.3, 0.4) is 0 Å². The molecule has 0 amide bonds. The van der Waals surface area contributed by atoms with E-state index >= 15 is 0 Å². The molecule has 0 aromatic carbocycles. The number of ether oxygens (including phenoxy) is 1. The van der Waals surface area contributed by atoms with Crippen LogP contribution in [-0.4, -0.2) is 38.4 Å². The maximum atomic E-state index is 11.0. The zero-order valence-corrected chi connectivity index (χ0v) is 7.59. The fourth-order valence-corrected chi connectivity index (χ4v) is 0.876. The molecule has 0 spiro atoms. The molecule has 9 nitrogen and oxygen atoms in total. The van der Waals surface area contributed by atoms with E-state index in [2.05, 4.69) is 34.6 Å². The lowest BCUT2D eigenvalue weighted by atomic mass is 10.5. The second-order valence-corrected chi connectivity index (χ2v) is 2.46. The van der Waals surface area contributed by atoms with Crippen LogP contribution in [0.5, 0.6) is 0 Å². The van der Waals surface area contributed by atoms with Crippen LogP contribution >= 0.6 is 0 Å². The molecular formula is C6H6N6O3. The Hall–Kier alpha value is -2.45. The van der Waals surface area contributed by atoms with E-state index in [0.717, 1.165) is 0 Å². The summed E-state index contributed by atoms with van der Waals surface area (Å²) in [6.45, 7) is 0. The average molecular weight is 210 g/mol. The van der Waals surface area contributed by atoms with Crippen molar-refractivity contribution < 1.29 is 14.1 Å². The molecular weight excluding hydrogens is 204 g/mol. The number of methoxy groups -OCH3 is 1. The van der Waals surface area contributed by atoms with Gasteiger partial charge in [0.15, 0.2) is 0 Å². The van der Waals surface area contributed by atoms with E-state index in [1.165, 1.54) is 7.11 Å². The summed E-state index contributed by atoms with van der Waals surface area (Å²) in [7, 11) is 1.23. The van der Waals surface area contributed by atoms with E-state index in [0.29, 0.717) is 0 Å². The van der Waals surface area contributed by atoms with Crippen LogP contribution in [0, 0.1) is 0 Å². The third-order valence-electron chi connectivity index (χ3n) is 1.51. The van der Waals surface area contributed by atoms with Crippen LogP contribution in [0.2, 0.25) is 0 Å². The van der Waals surface area contributed by atoms with E-state index in [1.54, 1.807) is 0 Å². The van der Waals surface area contributed by atoms with E-state index < -0.39 is 5.97 Å². The largest absolute Gasteiger partial charge is 0.463 e. The first-order valence-corrected chi connectivity index (χ1v) is 3.81. The highest BCUT2D eigenvalue weighted by Gasteiger charge is 2.16. The van der Waals surface area contributed by atoms with Gasteiger partial charge in [-0.1, -0.05) is 5.16 Å². The van der Waals surface area contributed by atoms with Crippen molar-refractivity contribution in [3.05, 3.63) is 5.82 Å². The van der Waals surface area contributed by atoms with Gasteiger partial charge in [0.2, 0.25) is 17.5 Å². The SMILES string of the molecule is COC(=O)c1nc(-c2noc(N)n2)n[nH]1. The van der Waals surface area contributed by atoms with Gasteiger partial charge in [-0.2, -0.15) is 9.97 Å². The highest BCUT2D eigenvalue weighted by molar-refractivity contribution is 5.85. The van der Waals surface area contributed by atoms with Crippen LogP contribution in [0.15, 0.2) is 4.52 Å². The summed E-state index contributed by atoms with van der Waals surface area (Å²) >= 11 is 0. The maximum Gasteiger partial charge on any atom is 0.375 e. The zero-order valence-electron chi connectivity index (χ0n) is 7.59. The molecule has 0 unspecified atom stereocenters. The second-order valence-electron chi connectivity index (χ2n) is 2.46. The van der Waals surface area contributed by atoms with Crippen molar-refractivity contribution in [1.29, 1.82) is 0 Å². The van der Waals surface area contributed by atoms with Gasteiger partial charge in [-0.15, -0.1) is 5.10 Å². The Balaban J connectivity index is 2.31. The summed E-state index contributed by atoms with van der Waals surface area (Å²) in [5, 5.41) is 9.53. The molecule has 2 aromatic rings. The number of anilines is 1. The van der Waals surface area contributed by atoms with Crippen molar-refractivity contribution in [3.63, 3.8) is 0 Å². The van der Waals surface area contributed by atoms with Gasteiger partial charge in [0, 0.05) is 0 Å². The van der Waals surface area contributed by atoms with Gasteiger partial charge in [0.25, 0.3) is 0 Å². The molecule has 0 fully saturated rings. The molecule has 15 heavy (non-hydrogen) atoms. The summed E-state index contributed by atoms with van der Waals surface area (Å²) in [4.78, 5) is 18.5. The lowest BCUT2D eigenvalue weighted by molar-refractivity contribution is 0.0587. The van der Waals surface area contributed by atoms with Gasteiger partial charge in [-0.25, -0.2) is 4.79 Å². The van der Waals surface area contributed by atoms with Crippen molar-refractivity contribution in [2.45, 2.75) is 0 Å². The summed E-state index contributed by atoms with van der Waals surface area (Å²) in [6, 6.07) is -0.102. The minimum atomic E-state index is -0.634. The molecule has 0 aliphatic heterocycles. The third-order valence-corrected chi connectivity index (χ3v) is 1.51. The Bertz CT molecular complexity index is 489. The van der Waals surface area contributed by atoms with Crippen molar-refractivity contribution in [2.75, 3.05) is 12.8 Å². The Kier molecular flexibility index (Phi) is 2.04. The summed E-state index contributed by atoms with van der Waals surface area (Å²) in [6.07, 6.45) is 0. The lowest BCUT2D eigenvalue weighted by Gasteiger charge is -1.89. The monoisotopic (exact) mass is 210 g/mol. The van der Waals surface area contributed by atoms with Gasteiger partial charge in [0.05, 0.1) is 7.11 Å². The van der Waals surface area contributed by atoms with E-state index in [-0.39, 0.29) is 23.5 Å². The molecule has 2 aromatic heterocycles.